The molecule has 1 heterocycles. The van der Waals surface area contributed by atoms with Gasteiger partial charge in [-0.1, -0.05) is 23.8 Å². The number of aryl methyl sites for hydroxylation is 2. The minimum Gasteiger partial charge on any atom is -0.333 e. The van der Waals surface area contributed by atoms with Crippen molar-refractivity contribution in [2.75, 3.05) is 0 Å². The van der Waals surface area contributed by atoms with E-state index in [-0.39, 0.29) is 0 Å². The minimum atomic E-state index is 0.872. The van der Waals surface area contributed by atoms with Crippen LogP contribution in [0, 0.1) is 6.92 Å². The largest absolute Gasteiger partial charge is 0.333 e. The number of benzene rings is 1. The van der Waals surface area contributed by atoms with Crippen LogP contribution in [0.1, 0.15) is 5.56 Å². The second-order valence-corrected chi connectivity index (χ2v) is 4.18. The Hall–Kier alpha value is -1.09. The van der Waals surface area contributed by atoms with Gasteiger partial charge in [0, 0.05) is 18.8 Å². The van der Waals surface area contributed by atoms with Crippen molar-refractivity contribution in [3.63, 3.8) is 0 Å². The number of hydrogen-bond donors (Lipinski definition) is 0. The molecule has 1 aromatic carbocycles. The lowest BCUT2D eigenvalue weighted by Crippen LogP contribution is -1.90. The van der Waals surface area contributed by atoms with Gasteiger partial charge in [-0.3, -0.25) is 0 Å². The predicted octanol–water partition coefficient (Wildman–Crippen LogP) is 3.16. The molecule has 0 spiro atoms. The molecule has 0 saturated carbocycles. The average molecular weight is 251 g/mol. The number of halogens is 1. The van der Waals surface area contributed by atoms with Gasteiger partial charge < -0.3 is 4.57 Å². The molecule has 72 valence electrons. The van der Waals surface area contributed by atoms with Crippen LogP contribution in [-0.4, -0.2) is 9.55 Å². The summed E-state index contributed by atoms with van der Waals surface area (Å²) in [6.07, 6.45) is 1.96. The molecule has 0 unspecified atom stereocenters. The van der Waals surface area contributed by atoms with Crippen LogP contribution in [0.5, 0.6) is 0 Å². The standard InChI is InChI=1S/C11H11BrN2/c1-8-4-3-5-9(6-8)11-13-10(12)7-14(11)2/h3-7H,1-2H3. The van der Waals surface area contributed by atoms with Gasteiger partial charge in [0.25, 0.3) is 0 Å². The SMILES string of the molecule is Cc1cccc(-c2nc(Br)cn2C)c1. The van der Waals surface area contributed by atoms with Gasteiger partial charge in [-0.25, -0.2) is 4.98 Å². The maximum absolute atomic E-state index is 4.40. The average Bonchev–Trinajstić information content (AvgIpc) is 2.45. The highest BCUT2D eigenvalue weighted by Gasteiger charge is 2.05. The first-order chi connectivity index (χ1) is 6.66. The van der Waals surface area contributed by atoms with Gasteiger partial charge in [-0.05, 0) is 28.9 Å². The Morgan fingerprint density at radius 2 is 2.14 bits per heavy atom. The molecule has 2 rings (SSSR count). The van der Waals surface area contributed by atoms with E-state index in [1.165, 1.54) is 5.56 Å². The van der Waals surface area contributed by atoms with Crippen molar-refractivity contribution in [3.05, 3.63) is 40.6 Å². The molecule has 1 aromatic heterocycles. The zero-order valence-corrected chi connectivity index (χ0v) is 9.75. The molecular formula is C11H11BrN2. The van der Waals surface area contributed by atoms with Crippen LogP contribution >= 0.6 is 15.9 Å². The molecule has 0 fully saturated rings. The number of imidazole rings is 1. The van der Waals surface area contributed by atoms with Gasteiger partial charge in [0.15, 0.2) is 0 Å². The van der Waals surface area contributed by atoms with Crippen molar-refractivity contribution in [2.45, 2.75) is 6.92 Å². The van der Waals surface area contributed by atoms with E-state index in [1.807, 2.05) is 23.9 Å². The highest BCUT2D eigenvalue weighted by atomic mass is 79.9. The van der Waals surface area contributed by atoms with E-state index in [9.17, 15) is 0 Å². The first-order valence-electron chi connectivity index (χ1n) is 4.43. The fourth-order valence-electron chi connectivity index (χ4n) is 1.48. The summed E-state index contributed by atoms with van der Waals surface area (Å²) in [5, 5.41) is 0. The molecule has 0 saturated heterocycles. The van der Waals surface area contributed by atoms with Crippen LogP contribution in [-0.2, 0) is 7.05 Å². The topological polar surface area (TPSA) is 17.8 Å². The molecular weight excluding hydrogens is 240 g/mol. The van der Waals surface area contributed by atoms with E-state index in [0.717, 1.165) is 16.0 Å². The van der Waals surface area contributed by atoms with Crippen LogP contribution in [0.2, 0.25) is 0 Å². The van der Waals surface area contributed by atoms with Crippen molar-refractivity contribution in [1.29, 1.82) is 0 Å². The number of aromatic nitrogens is 2. The zero-order chi connectivity index (χ0) is 10.1. The van der Waals surface area contributed by atoms with E-state index in [2.05, 4.69) is 46.0 Å². The third-order valence-electron chi connectivity index (χ3n) is 2.12. The monoisotopic (exact) mass is 250 g/mol. The third kappa shape index (κ3) is 1.73. The number of nitrogens with zero attached hydrogens (tertiary/aromatic N) is 2. The Balaban J connectivity index is 2.54. The summed E-state index contributed by atoms with van der Waals surface area (Å²) < 4.78 is 2.88. The van der Waals surface area contributed by atoms with E-state index in [1.54, 1.807) is 0 Å². The fourth-order valence-corrected chi connectivity index (χ4v) is 1.96. The lowest BCUT2D eigenvalue weighted by Gasteiger charge is -2.01. The second kappa shape index (κ2) is 3.58. The molecule has 14 heavy (non-hydrogen) atoms. The van der Waals surface area contributed by atoms with Crippen molar-refractivity contribution in [2.24, 2.45) is 7.05 Å². The maximum Gasteiger partial charge on any atom is 0.141 e. The molecule has 0 aliphatic carbocycles. The number of hydrogen-bond acceptors (Lipinski definition) is 1. The molecule has 0 aliphatic rings. The summed E-state index contributed by atoms with van der Waals surface area (Å²) in [5.41, 5.74) is 2.40. The smallest absolute Gasteiger partial charge is 0.141 e. The molecule has 0 atom stereocenters. The van der Waals surface area contributed by atoms with Gasteiger partial charge in [0.1, 0.15) is 10.4 Å². The molecule has 0 amide bonds. The molecule has 3 heteroatoms. The van der Waals surface area contributed by atoms with Crippen molar-refractivity contribution >= 4 is 15.9 Å². The summed E-state index contributed by atoms with van der Waals surface area (Å²) in [6.45, 7) is 2.08. The second-order valence-electron chi connectivity index (χ2n) is 3.37. The van der Waals surface area contributed by atoms with Crippen LogP contribution in [0.15, 0.2) is 35.1 Å². The fraction of sp³-hybridized carbons (Fsp3) is 0.182. The highest BCUT2D eigenvalue weighted by molar-refractivity contribution is 9.10. The highest BCUT2D eigenvalue weighted by Crippen LogP contribution is 2.20. The third-order valence-corrected chi connectivity index (χ3v) is 2.51. The van der Waals surface area contributed by atoms with E-state index in [4.69, 9.17) is 0 Å². The summed E-state index contributed by atoms with van der Waals surface area (Å²) in [5.74, 6) is 0.987. The molecule has 2 aromatic rings. The summed E-state index contributed by atoms with van der Waals surface area (Å²) in [7, 11) is 2.00. The van der Waals surface area contributed by atoms with Gasteiger partial charge in [-0.2, -0.15) is 0 Å². The Morgan fingerprint density at radius 1 is 1.36 bits per heavy atom. The first kappa shape index (κ1) is 9.46. The van der Waals surface area contributed by atoms with Gasteiger partial charge >= 0.3 is 0 Å². The van der Waals surface area contributed by atoms with Gasteiger partial charge in [-0.15, -0.1) is 0 Å². The summed E-state index contributed by atoms with van der Waals surface area (Å²) in [6, 6.07) is 8.34. The van der Waals surface area contributed by atoms with Crippen LogP contribution in [0.25, 0.3) is 11.4 Å². The number of rotatable bonds is 1. The van der Waals surface area contributed by atoms with Crippen molar-refractivity contribution in [3.8, 4) is 11.4 Å². The first-order valence-corrected chi connectivity index (χ1v) is 5.22. The summed E-state index contributed by atoms with van der Waals surface area (Å²) in [4.78, 5) is 4.40. The molecule has 0 N–H and O–H groups in total. The predicted molar refractivity (Wildman–Crippen MR) is 61.1 cm³/mol. The lowest BCUT2D eigenvalue weighted by atomic mass is 10.1. The minimum absolute atomic E-state index is 0.872. The quantitative estimate of drug-likeness (QED) is 0.761. The normalized spacial score (nSPS) is 10.5. The van der Waals surface area contributed by atoms with Crippen molar-refractivity contribution < 1.29 is 0 Å². The maximum atomic E-state index is 4.40. The Kier molecular flexibility index (Phi) is 2.42. The Labute approximate surface area is 91.7 Å². The molecule has 0 radical (unpaired) electrons. The van der Waals surface area contributed by atoms with E-state index >= 15 is 0 Å². The van der Waals surface area contributed by atoms with Crippen LogP contribution in [0.3, 0.4) is 0 Å². The van der Waals surface area contributed by atoms with Crippen molar-refractivity contribution in [1.82, 2.24) is 9.55 Å². The van der Waals surface area contributed by atoms with E-state index < -0.39 is 0 Å². The molecule has 0 aliphatic heterocycles. The Morgan fingerprint density at radius 3 is 2.71 bits per heavy atom. The molecule has 2 nitrogen and oxygen atoms in total. The Bertz CT molecular complexity index is 460. The van der Waals surface area contributed by atoms with Gasteiger partial charge in [0.2, 0.25) is 0 Å². The van der Waals surface area contributed by atoms with E-state index in [0.29, 0.717) is 0 Å². The van der Waals surface area contributed by atoms with Crippen LogP contribution in [0.4, 0.5) is 0 Å². The van der Waals surface area contributed by atoms with Crippen LogP contribution < -0.4 is 0 Å². The summed E-state index contributed by atoms with van der Waals surface area (Å²) >= 11 is 3.37. The van der Waals surface area contributed by atoms with Gasteiger partial charge in [0.05, 0.1) is 0 Å². The molecule has 0 bridgehead atoms. The lowest BCUT2D eigenvalue weighted by molar-refractivity contribution is 0.924. The zero-order valence-electron chi connectivity index (χ0n) is 8.16.